The maximum absolute atomic E-state index is 11.8. The molecule has 0 fully saturated rings. The molecule has 125 valence electrons. The zero-order chi connectivity index (χ0) is 16.0. The molecule has 0 aliphatic rings. The van der Waals surface area contributed by atoms with Crippen LogP contribution in [0.25, 0.3) is 0 Å². The summed E-state index contributed by atoms with van der Waals surface area (Å²) in [6.07, 6.45) is 13.5. The average molecular weight is 298 g/mol. The third kappa shape index (κ3) is 11.7. The van der Waals surface area contributed by atoms with Crippen molar-refractivity contribution in [3.05, 3.63) is 6.92 Å². The summed E-state index contributed by atoms with van der Waals surface area (Å²) in [6, 6.07) is 0. The quantitative estimate of drug-likeness (QED) is 0.359. The monoisotopic (exact) mass is 298 g/mol. The van der Waals surface area contributed by atoms with Gasteiger partial charge in [0.2, 0.25) is 5.91 Å². The fourth-order valence-electron chi connectivity index (χ4n) is 2.58. The predicted octanol–water partition coefficient (Wildman–Crippen LogP) is 4.74. The van der Waals surface area contributed by atoms with E-state index in [1.165, 1.54) is 44.9 Å². The number of carbonyl (C=O) groups is 1. The van der Waals surface area contributed by atoms with Crippen molar-refractivity contribution in [1.82, 2.24) is 5.32 Å². The van der Waals surface area contributed by atoms with E-state index >= 15 is 0 Å². The van der Waals surface area contributed by atoms with E-state index in [2.05, 4.69) is 19.2 Å². The van der Waals surface area contributed by atoms with Gasteiger partial charge in [-0.1, -0.05) is 71.6 Å². The molecule has 0 saturated heterocycles. The second-order valence-corrected chi connectivity index (χ2v) is 6.16. The van der Waals surface area contributed by atoms with Gasteiger partial charge in [-0.2, -0.15) is 0 Å². The van der Waals surface area contributed by atoms with Gasteiger partial charge in [-0.3, -0.25) is 4.79 Å². The smallest absolute Gasteiger partial charge is 0.222 e. The van der Waals surface area contributed by atoms with Gasteiger partial charge in [-0.15, -0.1) is 0 Å². The summed E-state index contributed by atoms with van der Waals surface area (Å²) < 4.78 is 0. The number of hydrogen-bond acceptors (Lipinski definition) is 2. The number of amides is 1. The van der Waals surface area contributed by atoms with Crippen LogP contribution in [0.3, 0.4) is 0 Å². The summed E-state index contributed by atoms with van der Waals surface area (Å²) in [5.74, 6) is -0.0439. The van der Waals surface area contributed by atoms with Crippen LogP contribution in [0.4, 0.5) is 0 Å². The van der Waals surface area contributed by atoms with E-state index in [-0.39, 0.29) is 5.91 Å². The first kappa shape index (κ1) is 20.4. The SMILES string of the molecule is [CH2]CC(O)(CCC)NC(=O)CCCCCCCCCCC. The third-order valence-electron chi connectivity index (χ3n) is 3.96. The van der Waals surface area contributed by atoms with E-state index in [0.717, 1.165) is 19.3 Å². The zero-order valence-electron chi connectivity index (χ0n) is 14.3. The van der Waals surface area contributed by atoms with E-state index in [0.29, 0.717) is 19.3 Å². The van der Waals surface area contributed by atoms with Gasteiger partial charge < -0.3 is 10.4 Å². The van der Waals surface area contributed by atoms with Crippen LogP contribution in [0, 0.1) is 6.92 Å². The Labute approximate surface area is 131 Å². The molecule has 0 saturated carbocycles. The number of carbonyl (C=O) groups excluding carboxylic acids is 1. The van der Waals surface area contributed by atoms with Gasteiger partial charge in [-0.05, 0) is 26.2 Å². The molecular weight excluding hydrogens is 262 g/mol. The lowest BCUT2D eigenvalue weighted by Crippen LogP contribution is -2.47. The lowest BCUT2D eigenvalue weighted by atomic mass is 10.0. The summed E-state index contributed by atoms with van der Waals surface area (Å²) in [7, 11) is 0. The van der Waals surface area contributed by atoms with E-state index < -0.39 is 5.72 Å². The molecule has 0 aromatic carbocycles. The summed E-state index contributed by atoms with van der Waals surface area (Å²) in [5, 5.41) is 12.9. The molecule has 1 amide bonds. The molecule has 21 heavy (non-hydrogen) atoms. The Hall–Kier alpha value is -0.570. The number of rotatable bonds is 14. The molecule has 0 aliphatic carbocycles. The van der Waals surface area contributed by atoms with E-state index in [4.69, 9.17) is 0 Å². The van der Waals surface area contributed by atoms with Gasteiger partial charge in [0.15, 0.2) is 0 Å². The van der Waals surface area contributed by atoms with Gasteiger partial charge in [0.1, 0.15) is 5.72 Å². The minimum absolute atomic E-state index is 0.0439. The Bertz CT molecular complexity index is 256. The molecule has 1 unspecified atom stereocenters. The molecule has 0 aliphatic heterocycles. The standard InChI is InChI=1S/C18H36NO2/c1-4-7-8-9-10-11-12-13-14-15-17(20)19-18(21,6-3)16-5-2/h21H,3-16H2,1-2H3,(H,19,20). The second-order valence-electron chi connectivity index (χ2n) is 6.16. The van der Waals surface area contributed by atoms with Crippen molar-refractivity contribution >= 4 is 5.91 Å². The van der Waals surface area contributed by atoms with Crippen LogP contribution >= 0.6 is 0 Å². The molecule has 1 radical (unpaired) electrons. The number of nitrogens with one attached hydrogen (secondary N) is 1. The van der Waals surface area contributed by atoms with E-state index in [1.807, 2.05) is 6.92 Å². The van der Waals surface area contributed by atoms with Crippen molar-refractivity contribution in [2.45, 2.75) is 103 Å². The highest BCUT2D eigenvalue weighted by atomic mass is 16.3. The second kappa shape index (κ2) is 13.1. The minimum Gasteiger partial charge on any atom is -0.371 e. The maximum atomic E-state index is 11.8. The molecule has 0 rings (SSSR count). The molecule has 1 atom stereocenters. The molecule has 0 aromatic heterocycles. The normalized spacial score (nSPS) is 13.9. The first-order chi connectivity index (χ1) is 10.1. The highest BCUT2D eigenvalue weighted by molar-refractivity contribution is 5.76. The average Bonchev–Trinajstić information content (AvgIpc) is 2.45. The van der Waals surface area contributed by atoms with Crippen molar-refractivity contribution in [2.24, 2.45) is 0 Å². The van der Waals surface area contributed by atoms with Gasteiger partial charge in [0.25, 0.3) is 0 Å². The Morgan fingerprint density at radius 3 is 1.95 bits per heavy atom. The molecule has 0 aromatic rings. The molecule has 0 heterocycles. The highest BCUT2D eigenvalue weighted by Crippen LogP contribution is 2.14. The molecule has 3 heteroatoms. The van der Waals surface area contributed by atoms with Gasteiger partial charge in [0, 0.05) is 6.42 Å². The third-order valence-corrected chi connectivity index (χ3v) is 3.96. The summed E-state index contributed by atoms with van der Waals surface area (Å²) in [4.78, 5) is 11.8. The van der Waals surface area contributed by atoms with Crippen LogP contribution in [-0.4, -0.2) is 16.7 Å². The zero-order valence-corrected chi connectivity index (χ0v) is 14.3. The fourth-order valence-corrected chi connectivity index (χ4v) is 2.58. The van der Waals surface area contributed by atoms with Crippen LogP contribution in [0.15, 0.2) is 0 Å². The first-order valence-corrected chi connectivity index (χ1v) is 8.90. The minimum atomic E-state index is -1.11. The topological polar surface area (TPSA) is 49.3 Å². The molecular formula is C18H36NO2. The first-order valence-electron chi connectivity index (χ1n) is 8.90. The van der Waals surface area contributed by atoms with Gasteiger partial charge in [0.05, 0.1) is 0 Å². The molecule has 2 N–H and O–H groups in total. The van der Waals surface area contributed by atoms with Crippen molar-refractivity contribution in [1.29, 1.82) is 0 Å². The summed E-state index contributed by atoms with van der Waals surface area (Å²) in [6.45, 7) is 7.95. The Morgan fingerprint density at radius 2 is 1.48 bits per heavy atom. The van der Waals surface area contributed by atoms with Crippen LogP contribution in [0.5, 0.6) is 0 Å². The van der Waals surface area contributed by atoms with Crippen LogP contribution in [-0.2, 0) is 4.79 Å². The highest BCUT2D eigenvalue weighted by Gasteiger charge is 2.24. The Balaban J connectivity index is 3.53. The van der Waals surface area contributed by atoms with Crippen molar-refractivity contribution < 1.29 is 9.90 Å². The molecule has 0 spiro atoms. The van der Waals surface area contributed by atoms with Crippen molar-refractivity contribution in [2.75, 3.05) is 0 Å². The van der Waals surface area contributed by atoms with Crippen molar-refractivity contribution in [3.63, 3.8) is 0 Å². The van der Waals surface area contributed by atoms with Crippen molar-refractivity contribution in [3.8, 4) is 0 Å². The number of unbranched alkanes of at least 4 members (excludes halogenated alkanes) is 8. The largest absolute Gasteiger partial charge is 0.371 e. The van der Waals surface area contributed by atoms with Gasteiger partial charge in [-0.25, -0.2) is 0 Å². The summed E-state index contributed by atoms with van der Waals surface area (Å²) >= 11 is 0. The van der Waals surface area contributed by atoms with E-state index in [1.54, 1.807) is 0 Å². The summed E-state index contributed by atoms with van der Waals surface area (Å²) in [5.41, 5.74) is -1.11. The lowest BCUT2D eigenvalue weighted by Gasteiger charge is -2.27. The molecule has 3 nitrogen and oxygen atoms in total. The lowest BCUT2D eigenvalue weighted by molar-refractivity contribution is -0.129. The Morgan fingerprint density at radius 1 is 0.952 bits per heavy atom. The van der Waals surface area contributed by atoms with Crippen LogP contribution < -0.4 is 5.32 Å². The number of aliphatic hydroxyl groups is 1. The maximum Gasteiger partial charge on any atom is 0.222 e. The Kier molecular flexibility index (Phi) is 12.8. The van der Waals surface area contributed by atoms with Crippen LogP contribution in [0.2, 0.25) is 0 Å². The fraction of sp³-hybridized carbons (Fsp3) is 0.889. The van der Waals surface area contributed by atoms with E-state index in [9.17, 15) is 9.90 Å². The number of hydrogen-bond donors (Lipinski definition) is 2. The van der Waals surface area contributed by atoms with Crippen LogP contribution in [0.1, 0.15) is 97.3 Å². The predicted molar refractivity (Wildman–Crippen MR) is 89.8 cm³/mol. The molecule has 0 bridgehead atoms. The van der Waals surface area contributed by atoms with Gasteiger partial charge >= 0.3 is 0 Å².